The number of nitrogens with two attached hydrogens (primary N) is 1. The Bertz CT molecular complexity index is 441. The number of carbonyl (C=O) groups excluding carboxylic acids is 1. The normalized spacial score (nSPS) is 10.0. The van der Waals surface area contributed by atoms with Crippen molar-refractivity contribution in [3.63, 3.8) is 0 Å². The van der Waals surface area contributed by atoms with Gasteiger partial charge in [0.05, 0.1) is 13.2 Å². The Morgan fingerprint density at radius 2 is 2.10 bits per heavy atom. The molecule has 0 aliphatic carbocycles. The summed E-state index contributed by atoms with van der Waals surface area (Å²) < 4.78 is 5.22. The average molecular weight is 283 g/mol. The summed E-state index contributed by atoms with van der Waals surface area (Å²) in [4.78, 5) is 25.4. The number of rotatable bonds is 8. The van der Waals surface area contributed by atoms with Crippen LogP contribution in [0.25, 0.3) is 0 Å². The minimum Gasteiger partial charge on any atom is -0.464 e. The van der Waals surface area contributed by atoms with Crippen LogP contribution in [0.1, 0.15) is 20.3 Å². The maximum absolute atomic E-state index is 11.7. The van der Waals surface area contributed by atoms with Crippen LogP contribution in [0.2, 0.25) is 0 Å². The van der Waals surface area contributed by atoms with Gasteiger partial charge >= 0.3 is 6.01 Å². The van der Waals surface area contributed by atoms with Crippen molar-refractivity contribution in [1.82, 2.24) is 20.3 Å². The van der Waals surface area contributed by atoms with E-state index in [4.69, 9.17) is 10.6 Å². The van der Waals surface area contributed by atoms with E-state index < -0.39 is 0 Å². The first kappa shape index (κ1) is 15.9. The van der Waals surface area contributed by atoms with Crippen molar-refractivity contribution in [3.8, 4) is 6.01 Å². The van der Waals surface area contributed by atoms with E-state index >= 15 is 0 Å². The molecule has 1 rings (SSSR count). The van der Waals surface area contributed by atoms with Crippen molar-refractivity contribution in [2.75, 3.05) is 37.1 Å². The van der Waals surface area contributed by atoms with E-state index in [0.717, 1.165) is 6.42 Å². The number of aromatic nitrogens is 3. The maximum atomic E-state index is 11.7. The topological polar surface area (TPSA) is 118 Å². The number of hydrogen-bond donors (Lipinski definition) is 3. The van der Waals surface area contributed by atoms with Crippen LogP contribution < -0.4 is 26.2 Å². The standard InChI is InChI=1S/C11H21N7O2/c1-4-6-13-8(19)7-18(3)10-14-9(17-12)15-11(16-10)20-5-2/h4-7,12H2,1-3H3,(H,13,19)(H,14,15,16,17). The van der Waals surface area contributed by atoms with E-state index in [-0.39, 0.29) is 24.4 Å². The Morgan fingerprint density at radius 1 is 1.35 bits per heavy atom. The van der Waals surface area contributed by atoms with E-state index in [1.54, 1.807) is 11.9 Å². The fourth-order valence-corrected chi connectivity index (χ4v) is 1.38. The highest BCUT2D eigenvalue weighted by molar-refractivity contribution is 5.80. The lowest BCUT2D eigenvalue weighted by atomic mass is 10.4. The zero-order valence-corrected chi connectivity index (χ0v) is 12.0. The number of ether oxygens (including phenoxy) is 1. The number of amides is 1. The minimum atomic E-state index is -0.102. The molecule has 0 bridgehead atoms. The first-order valence-electron chi connectivity index (χ1n) is 6.44. The van der Waals surface area contributed by atoms with Gasteiger partial charge in [0.15, 0.2) is 0 Å². The lowest BCUT2D eigenvalue weighted by molar-refractivity contribution is -0.119. The second-order valence-corrected chi connectivity index (χ2v) is 4.02. The van der Waals surface area contributed by atoms with Crippen LogP contribution in [0, 0.1) is 0 Å². The Kier molecular flexibility index (Phi) is 6.44. The molecule has 9 heteroatoms. The van der Waals surface area contributed by atoms with Crippen LogP contribution in [-0.2, 0) is 4.79 Å². The summed E-state index contributed by atoms with van der Waals surface area (Å²) in [5.41, 5.74) is 2.34. The maximum Gasteiger partial charge on any atom is 0.323 e. The molecule has 0 aliphatic rings. The van der Waals surface area contributed by atoms with Crippen LogP contribution in [0.3, 0.4) is 0 Å². The van der Waals surface area contributed by atoms with E-state index in [0.29, 0.717) is 19.1 Å². The number of anilines is 2. The Labute approximate surface area is 117 Å². The van der Waals surface area contributed by atoms with Crippen molar-refractivity contribution < 1.29 is 9.53 Å². The monoisotopic (exact) mass is 283 g/mol. The molecule has 0 unspecified atom stereocenters. The lowest BCUT2D eigenvalue weighted by Gasteiger charge is -2.17. The van der Waals surface area contributed by atoms with Crippen LogP contribution in [0.5, 0.6) is 6.01 Å². The largest absolute Gasteiger partial charge is 0.464 e. The molecule has 0 fully saturated rings. The van der Waals surface area contributed by atoms with Crippen molar-refractivity contribution in [2.24, 2.45) is 5.84 Å². The van der Waals surface area contributed by atoms with Gasteiger partial charge in [-0.1, -0.05) is 6.92 Å². The number of hydrazine groups is 1. The summed E-state index contributed by atoms with van der Waals surface area (Å²) in [5, 5.41) is 2.78. The predicted molar refractivity (Wildman–Crippen MR) is 75.4 cm³/mol. The Hall–Kier alpha value is -2.16. The lowest BCUT2D eigenvalue weighted by Crippen LogP contribution is -2.36. The van der Waals surface area contributed by atoms with Gasteiger partial charge in [-0.25, -0.2) is 5.84 Å². The average Bonchev–Trinajstić information content (AvgIpc) is 2.45. The van der Waals surface area contributed by atoms with E-state index in [9.17, 15) is 4.79 Å². The molecule has 0 aromatic carbocycles. The highest BCUT2D eigenvalue weighted by atomic mass is 16.5. The second-order valence-electron chi connectivity index (χ2n) is 4.02. The number of nitrogen functional groups attached to an aromatic ring is 1. The summed E-state index contributed by atoms with van der Waals surface area (Å²) >= 11 is 0. The van der Waals surface area contributed by atoms with Crippen molar-refractivity contribution >= 4 is 17.8 Å². The Balaban J connectivity index is 2.77. The molecule has 20 heavy (non-hydrogen) atoms. The van der Waals surface area contributed by atoms with Crippen molar-refractivity contribution in [2.45, 2.75) is 20.3 Å². The van der Waals surface area contributed by atoms with Gasteiger partial charge in [0, 0.05) is 13.6 Å². The second kappa shape index (κ2) is 8.10. The molecule has 1 heterocycles. The van der Waals surface area contributed by atoms with Crippen LogP contribution in [0.15, 0.2) is 0 Å². The van der Waals surface area contributed by atoms with Gasteiger partial charge in [-0.3, -0.25) is 10.2 Å². The van der Waals surface area contributed by atoms with E-state index in [1.807, 2.05) is 13.8 Å². The summed E-state index contributed by atoms with van der Waals surface area (Å²) in [6.07, 6.45) is 0.886. The first-order valence-corrected chi connectivity index (χ1v) is 6.44. The third kappa shape index (κ3) is 4.84. The van der Waals surface area contributed by atoms with Gasteiger partial charge in [-0.2, -0.15) is 15.0 Å². The molecular weight excluding hydrogens is 262 g/mol. The zero-order chi connectivity index (χ0) is 15.0. The van der Waals surface area contributed by atoms with Gasteiger partial charge in [0.2, 0.25) is 17.8 Å². The molecule has 0 saturated heterocycles. The highest BCUT2D eigenvalue weighted by Crippen LogP contribution is 2.13. The summed E-state index contributed by atoms with van der Waals surface area (Å²) in [5.74, 6) is 5.68. The zero-order valence-electron chi connectivity index (χ0n) is 12.0. The molecular formula is C11H21N7O2. The third-order valence-electron chi connectivity index (χ3n) is 2.30. The van der Waals surface area contributed by atoms with Gasteiger partial charge in [-0.15, -0.1) is 0 Å². The fourth-order valence-electron chi connectivity index (χ4n) is 1.38. The predicted octanol–water partition coefficient (Wildman–Crippen LogP) is -0.482. The summed E-state index contributed by atoms with van der Waals surface area (Å²) in [7, 11) is 1.71. The summed E-state index contributed by atoms with van der Waals surface area (Å²) in [6, 6.07) is 0.159. The molecule has 9 nitrogen and oxygen atoms in total. The number of nitrogens with one attached hydrogen (secondary N) is 2. The molecule has 4 N–H and O–H groups in total. The van der Waals surface area contributed by atoms with Crippen LogP contribution in [-0.4, -0.2) is 47.6 Å². The molecule has 1 amide bonds. The fraction of sp³-hybridized carbons (Fsp3) is 0.636. The van der Waals surface area contributed by atoms with Gasteiger partial charge in [0.1, 0.15) is 0 Å². The molecule has 0 aliphatic heterocycles. The first-order chi connectivity index (χ1) is 9.60. The highest BCUT2D eigenvalue weighted by Gasteiger charge is 2.13. The van der Waals surface area contributed by atoms with Crippen LogP contribution >= 0.6 is 0 Å². The Morgan fingerprint density at radius 3 is 2.70 bits per heavy atom. The number of nitrogens with zero attached hydrogens (tertiary/aromatic N) is 4. The smallest absolute Gasteiger partial charge is 0.323 e. The SMILES string of the molecule is CCCNC(=O)CN(C)c1nc(NN)nc(OCC)n1. The minimum absolute atomic E-state index is 0.102. The van der Waals surface area contributed by atoms with Gasteiger partial charge in [-0.05, 0) is 13.3 Å². The van der Waals surface area contributed by atoms with Crippen LogP contribution in [0.4, 0.5) is 11.9 Å². The third-order valence-corrected chi connectivity index (χ3v) is 2.30. The number of likely N-dealkylation sites (N-methyl/N-ethyl adjacent to an activating group) is 1. The number of hydrogen-bond acceptors (Lipinski definition) is 8. The van der Waals surface area contributed by atoms with Crippen molar-refractivity contribution in [1.29, 1.82) is 0 Å². The van der Waals surface area contributed by atoms with E-state index in [2.05, 4.69) is 25.7 Å². The summed E-state index contributed by atoms with van der Waals surface area (Å²) in [6.45, 7) is 5.02. The molecule has 0 saturated carbocycles. The van der Waals surface area contributed by atoms with Crippen molar-refractivity contribution in [3.05, 3.63) is 0 Å². The molecule has 0 atom stereocenters. The van der Waals surface area contributed by atoms with Gasteiger partial charge in [0.25, 0.3) is 0 Å². The quantitative estimate of drug-likeness (QED) is 0.432. The molecule has 1 aromatic rings. The molecule has 112 valence electrons. The van der Waals surface area contributed by atoms with Gasteiger partial charge < -0.3 is 15.0 Å². The number of carbonyl (C=O) groups is 1. The molecule has 1 aromatic heterocycles. The van der Waals surface area contributed by atoms with E-state index in [1.165, 1.54) is 0 Å². The molecule has 0 spiro atoms. The molecule has 0 radical (unpaired) electrons.